The topological polar surface area (TPSA) is 49.8 Å². The molecule has 0 aliphatic heterocycles. The van der Waals surface area contributed by atoms with E-state index in [2.05, 4.69) is 22.0 Å². The monoisotopic (exact) mass is 238 g/mol. The first-order chi connectivity index (χ1) is 6.06. The van der Waals surface area contributed by atoms with Crippen LogP contribution in [0.5, 0.6) is 0 Å². The van der Waals surface area contributed by atoms with Gasteiger partial charge in [0.25, 0.3) is 0 Å². The van der Waals surface area contributed by atoms with E-state index in [0.717, 1.165) is 10.0 Å². The van der Waals surface area contributed by atoms with E-state index in [1.807, 2.05) is 31.2 Å². The van der Waals surface area contributed by atoms with Gasteiger partial charge in [0.05, 0.1) is 18.0 Å². The van der Waals surface area contributed by atoms with E-state index in [4.69, 9.17) is 11.0 Å². The SMILES string of the molecule is CC(N)(CC#N)c1cccc(Br)c1. The number of nitrogens with zero attached hydrogens (tertiary/aromatic N) is 1. The third-order valence-electron chi connectivity index (χ3n) is 1.93. The van der Waals surface area contributed by atoms with Crippen molar-refractivity contribution in [1.29, 1.82) is 5.26 Å². The van der Waals surface area contributed by atoms with Crippen LogP contribution in [0.15, 0.2) is 28.7 Å². The van der Waals surface area contributed by atoms with Gasteiger partial charge in [0.1, 0.15) is 0 Å². The number of benzene rings is 1. The minimum absolute atomic E-state index is 0.323. The van der Waals surface area contributed by atoms with Gasteiger partial charge >= 0.3 is 0 Å². The van der Waals surface area contributed by atoms with Gasteiger partial charge in [0, 0.05) is 4.47 Å². The van der Waals surface area contributed by atoms with Gasteiger partial charge in [0.15, 0.2) is 0 Å². The normalized spacial score (nSPS) is 14.6. The fraction of sp³-hybridized carbons (Fsp3) is 0.300. The van der Waals surface area contributed by atoms with Crippen LogP contribution in [-0.2, 0) is 5.54 Å². The highest BCUT2D eigenvalue weighted by Gasteiger charge is 2.20. The maximum absolute atomic E-state index is 8.59. The van der Waals surface area contributed by atoms with Gasteiger partial charge in [-0.3, -0.25) is 0 Å². The van der Waals surface area contributed by atoms with E-state index >= 15 is 0 Å². The summed E-state index contributed by atoms with van der Waals surface area (Å²) in [6.45, 7) is 1.86. The van der Waals surface area contributed by atoms with E-state index < -0.39 is 5.54 Å². The van der Waals surface area contributed by atoms with Crippen LogP contribution in [0, 0.1) is 11.3 Å². The Morgan fingerprint density at radius 3 is 2.85 bits per heavy atom. The van der Waals surface area contributed by atoms with Crippen molar-refractivity contribution in [2.75, 3.05) is 0 Å². The molecule has 0 aromatic heterocycles. The standard InChI is InChI=1S/C10H11BrN2/c1-10(13,5-6-12)8-3-2-4-9(11)7-8/h2-4,7H,5,13H2,1H3. The number of nitriles is 1. The van der Waals surface area contributed by atoms with Crippen LogP contribution >= 0.6 is 15.9 Å². The lowest BCUT2D eigenvalue weighted by Crippen LogP contribution is -2.32. The molecule has 13 heavy (non-hydrogen) atoms. The third-order valence-corrected chi connectivity index (χ3v) is 2.42. The average molecular weight is 239 g/mol. The van der Waals surface area contributed by atoms with Gasteiger partial charge in [0.2, 0.25) is 0 Å². The molecule has 0 spiro atoms. The van der Waals surface area contributed by atoms with Crippen molar-refractivity contribution >= 4 is 15.9 Å². The second kappa shape index (κ2) is 3.91. The predicted molar refractivity (Wildman–Crippen MR) is 55.9 cm³/mol. The number of hydrogen-bond donors (Lipinski definition) is 1. The van der Waals surface area contributed by atoms with Crippen molar-refractivity contribution < 1.29 is 0 Å². The maximum Gasteiger partial charge on any atom is 0.0644 e. The number of nitrogens with two attached hydrogens (primary N) is 1. The van der Waals surface area contributed by atoms with Crippen LogP contribution in [0.1, 0.15) is 18.9 Å². The molecular weight excluding hydrogens is 228 g/mol. The summed E-state index contributed by atoms with van der Waals surface area (Å²) in [4.78, 5) is 0. The highest BCUT2D eigenvalue weighted by molar-refractivity contribution is 9.10. The zero-order valence-corrected chi connectivity index (χ0v) is 9.01. The van der Waals surface area contributed by atoms with Crippen molar-refractivity contribution in [2.45, 2.75) is 18.9 Å². The van der Waals surface area contributed by atoms with Crippen LogP contribution < -0.4 is 5.73 Å². The molecule has 3 heteroatoms. The lowest BCUT2D eigenvalue weighted by atomic mass is 9.91. The van der Waals surface area contributed by atoms with Crippen molar-refractivity contribution in [2.24, 2.45) is 5.73 Å². The second-order valence-corrected chi connectivity index (χ2v) is 4.18. The molecule has 1 rings (SSSR count). The number of rotatable bonds is 2. The summed E-state index contributed by atoms with van der Waals surface area (Å²) < 4.78 is 0.986. The third kappa shape index (κ3) is 2.55. The molecule has 0 saturated carbocycles. The van der Waals surface area contributed by atoms with Crippen LogP contribution in [0.3, 0.4) is 0 Å². The zero-order chi connectivity index (χ0) is 9.90. The van der Waals surface area contributed by atoms with Gasteiger partial charge in [-0.1, -0.05) is 28.1 Å². The summed E-state index contributed by atoms with van der Waals surface area (Å²) in [5.41, 5.74) is 6.39. The average Bonchev–Trinajstić information content (AvgIpc) is 2.04. The minimum Gasteiger partial charge on any atom is -0.321 e. The molecule has 0 amide bonds. The summed E-state index contributed by atoms with van der Waals surface area (Å²) in [5.74, 6) is 0. The first-order valence-electron chi connectivity index (χ1n) is 3.98. The first kappa shape index (κ1) is 10.2. The molecule has 0 radical (unpaired) electrons. The Kier molecular flexibility index (Phi) is 3.07. The molecule has 0 fully saturated rings. The summed E-state index contributed by atoms with van der Waals surface area (Å²) >= 11 is 3.37. The second-order valence-electron chi connectivity index (χ2n) is 3.26. The molecule has 0 bridgehead atoms. The summed E-state index contributed by atoms with van der Waals surface area (Å²) in [5, 5.41) is 8.59. The minimum atomic E-state index is -0.557. The Labute approximate surface area is 86.5 Å². The van der Waals surface area contributed by atoms with Crippen LogP contribution in [0.25, 0.3) is 0 Å². The molecule has 0 saturated heterocycles. The van der Waals surface area contributed by atoms with E-state index in [1.165, 1.54) is 0 Å². The van der Waals surface area contributed by atoms with Gasteiger partial charge in [-0.15, -0.1) is 0 Å². The smallest absolute Gasteiger partial charge is 0.0644 e. The molecule has 1 unspecified atom stereocenters. The molecule has 2 nitrogen and oxygen atoms in total. The van der Waals surface area contributed by atoms with Gasteiger partial charge in [-0.2, -0.15) is 5.26 Å². The maximum atomic E-state index is 8.59. The fourth-order valence-corrected chi connectivity index (χ4v) is 1.51. The number of halogens is 1. The van der Waals surface area contributed by atoms with Gasteiger partial charge in [-0.25, -0.2) is 0 Å². The van der Waals surface area contributed by atoms with Crippen LogP contribution in [0.4, 0.5) is 0 Å². The Morgan fingerprint density at radius 1 is 1.62 bits per heavy atom. The lowest BCUT2D eigenvalue weighted by Gasteiger charge is -2.21. The molecule has 0 heterocycles. The zero-order valence-electron chi connectivity index (χ0n) is 7.42. The van der Waals surface area contributed by atoms with Crippen LogP contribution in [-0.4, -0.2) is 0 Å². The molecule has 0 aliphatic rings. The highest BCUT2D eigenvalue weighted by Crippen LogP contribution is 2.23. The van der Waals surface area contributed by atoms with Gasteiger partial charge < -0.3 is 5.73 Å². The molecule has 1 atom stereocenters. The molecule has 1 aromatic rings. The van der Waals surface area contributed by atoms with E-state index in [1.54, 1.807) is 0 Å². The number of hydrogen-bond acceptors (Lipinski definition) is 2. The Bertz CT molecular complexity index is 339. The van der Waals surface area contributed by atoms with E-state index in [-0.39, 0.29) is 0 Å². The highest BCUT2D eigenvalue weighted by atomic mass is 79.9. The molecular formula is C10H11BrN2. The molecule has 2 N–H and O–H groups in total. The lowest BCUT2D eigenvalue weighted by molar-refractivity contribution is 0.507. The van der Waals surface area contributed by atoms with E-state index in [9.17, 15) is 0 Å². The summed E-state index contributed by atoms with van der Waals surface area (Å²) in [6, 6.07) is 9.82. The molecule has 0 aliphatic carbocycles. The Hall–Kier alpha value is -0.850. The molecule has 68 valence electrons. The summed E-state index contributed by atoms with van der Waals surface area (Å²) in [6.07, 6.45) is 0.323. The largest absolute Gasteiger partial charge is 0.321 e. The fourth-order valence-electron chi connectivity index (χ4n) is 1.11. The van der Waals surface area contributed by atoms with Gasteiger partial charge in [-0.05, 0) is 24.6 Å². The van der Waals surface area contributed by atoms with Crippen molar-refractivity contribution in [3.05, 3.63) is 34.3 Å². The van der Waals surface area contributed by atoms with Crippen LogP contribution in [0.2, 0.25) is 0 Å². The van der Waals surface area contributed by atoms with E-state index in [0.29, 0.717) is 6.42 Å². The Balaban J connectivity index is 3.01. The Morgan fingerprint density at radius 2 is 2.31 bits per heavy atom. The first-order valence-corrected chi connectivity index (χ1v) is 4.77. The van der Waals surface area contributed by atoms with Crippen molar-refractivity contribution in [3.63, 3.8) is 0 Å². The summed E-state index contributed by atoms with van der Waals surface area (Å²) in [7, 11) is 0. The van der Waals surface area contributed by atoms with Crippen molar-refractivity contribution in [3.8, 4) is 6.07 Å². The van der Waals surface area contributed by atoms with Crippen molar-refractivity contribution in [1.82, 2.24) is 0 Å². The quantitative estimate of drug-likeness (QED) is 0.862. The predicted octanol–water partition coefficient (Wildman–Crippen LogP) is 2.54. The molecule has 1 aromatic carbocycles.